The van der Waals surface area contributed by atoms with Crippen molar-refractivity contribution in [2.24, 2.45) is 5.92 Å². The zero-order valence-corrected chi connectivity index (χ0v) is 14.3. The fourth-order valence-electron chi connectivity index (χ4n) is 3.90. The number of fused-ring (bicyclic) bond motifs is 1. The number of rotatable bonds is 5. The van der Waals surface area contributed by atoms with Crippen molar-refractivity contribution >= 4 is 10.8 Å². The van der Waals surface area contributed by atoms with E-state index in [1.807, 2.05) is 24.3 Å². The third-order valence-electron chi connectivity index (χ3n) is 5.56. The molecule has 4 nitrogen and oxygen atoms in total. The van der Waals surface area contributed by atoms with E-state index in [-0.39, 0.29) is 5.56 Å². The number of benzene rings is 1. The molecule has 2 fully saturated rings. The molecule has 1 aromatic carbocycles. The van der Waals surface area contributed by atoms with Gasteiger partial charge >= 0.3 is 0 Å². The molecule has 128 valence electrons. The van der Waals surface area contributed by atoms with E-state index in [1.165, 1.54) is 32.2 Å². The highest BCUT2D eigenvalue weighted by atomic mass is 16.5. The lowest BCUT2D eigenvalue weighted by atomic mass is 9.92. The lowest BCUT2D eigenvalue weighted by molar-refractivity contribution is 0.0988. The smallest absolute Gasteiger partial charge is 0.255 e. The van der Waals surface area contributed by atoms with Gasteiger partial charge in [0.25, 0.3) is 5.56 Å². The van der Waals surface area contributed by atoms with Crippen molar-refractivity contribution in [2.75, 3.05) is 13.6 Å². The zero-order chi connectivity index (χ0) is 16.5. The lowest BCUT2D eigenvalue weighted by Crippen LogP contribution is -2.38. The highest BCUT2D eigenvalue weighted by Crippen LogP contribution is 2.32. The van der Waals surface area contributed by atoms with E-state index in [0.29, 0.717) is 6.10 Å². The van der Waals surface area contributed by atoms with Crippen LogP contribution in [-0.4, -0.2) is 35.6 Å². The second kappa shape index (κ2) is 6.60. The maximum Gasteiger partial charge on any atom is 0.255 e. The summed E-state index contributed by atoms with van der Waals surface area (Å²) in [5.41, 5.74) is -0.0433. The molecule has 2 saturated carbocycles. The molecule has 1 aromatic heterocycles. The Morgan fingerprint density at radius 1 is 1.12 bits per heavy atom. The first-order chi connectivity index (χ1) is 11.7. The molecule has 2 aliphatic rings. The Morgan fingerprint density at radius 3 is 2.67 bits per heavy atom. The van der Waals surface area contributed by atoms with E-state index in [9.17, 15) is 4.79 Å². The zero-order valence-electron chi connectivity index (χ0n) is 14.3. The topological polar surface area (TPSA) is 45.3 Å². The monoisotopic (exact) mass is 326 g/mol. The van der Waals surface area contributed by atoms with Crippen LogP contribution < -0.4 is 10.3 Å². The molecule has 0 saturated heterocycles. The molecule has 0 bridgehead atoms. The Balaban J connectivity index is 1.35. The predicted molar refractivity (Wildman–Crippen MR) is 96.6 cm³/mol. The van der Waals surface area contributed by atoms with Crippen LogP contribution in [0.15, 0.2) is 35.3 Å². The molecule has 0 amide bonds. The van der Waals surface area contributed by atoms with Crippen molar-refractivity contribution in [3.05, 3.63) is 40.8 Å². The number of hydrogen-bond donors (Lipinski definition) is 1. The number of aromatic amines is 1. The first kappa shape index (κ1) is 15.7. The van der Waals surface area contributed by atoms with Gasteiger partial charge in [-0.25, -0.2) is 0 Å². The minimum absolute atomic E-state index is 0.0433. The van der Waals surface area contributed by atoms with Gasteiger partial charge < -0.3 is 14.6 Å². The van der Waals surface area contributed by atoms with Crippen molar-refractivity contribution in [1.29, 1.82) is 0 Å². The molecular weight excluding hydrogens is 300 g/mol. The van der Waals surface area contributed by atoms with Crippen LogP contribution in [0.2, 0.25) is 0 Å². The second-order valence-electron chi connectivity index (χ2n) is 7.49. The van der Waals surface area contributed by atoms with E-state index in [4.69, 9.17) is 4.74 Å². The molecule has 4 rings (SSSR count). The van der Waals surface area contributed by atoms with Gasteiger partial charge in [0, 0.05) is 24.2 Å². The normalized spacial score (nSPS) is 24.4. The van der Waals surface area contributed by atoms with Gasteiger partial charge in [0.15, 0.2) is 0 Å². The molecule has 1 heterocycles. The van der Waals surface area contributed by atoms with E-state index < -0.39 is 0 Å². The van der Waals surface area contributed by atoms with Gasteiger partial charge in [-0.05, 0) is 81.1 Å². The number of H-pyrrole nitrogens is 1. The second-order valence-corrected chi connectivity index (χ2v) is 7.49. The maximum absolute atomic E-state index is 11.8. The molecule has 2 aromatic rings. The van der Waals surface area contributed by atoms with Crippen molar-refractivity contribution in [3.8, 4) is 5.75 Å². The summed E-state index contributed by atoms with van der Waals surface area (Å²) in [6, 6.07) is 8.41. The molecular formula is C20H26N2O2. The van der Waals surface area contributed by atoms with Gasteiger partial charge in [0.05, 0.1) is 6.10 Å². The van der Waals surface area contributed by atoms with Crippen molar-refractivity contribution in [2.45, 2.75) is 50.7 Å². The van der Waals surface area contributed by atoms with Crippen LogP contribution in [0.25, 0.3) is 10.8 Å². The maximum atomic E-state index is 11.8. The number of aromatic nitrogens is 1. The van der Waals surface area contributed by atoms with E-state index in [0.717, 1.165) is 41.3 Å². The van der Waals surface area contributed by atoms with Gasteiger partial charge in [0.2, 0.25) is 0 Å². The third kappa shape index (κ3) is 3.48. The molecule has 0 radical (unpaired) electrons. The van der Waals surface area contributed by atoms with Gasteiger partial charge in [0.1, 0.15) is 5.75 Å². The molecule has 2 aliphatic carbocycles. The summed E-state index contributed by atoms with van der Waals surface area (Å²) in [4.78, 5) is 17.0. The fraction of sp³-hybridized carbons (Fsp3) is 0.550. The lowest BCUT2D eigenvalue weighted by Gasteiger charge is -2.34. The van der Waals surface area contributed by atoms with Gasteiger partial charge in [-0.3, -0.25) is 4.79 Å². The minimum atomic E-state index is -0.0433. The molecule has 4 heteroatoms. The minimum Gasteiger partial charge on any atom is -0.490 e. The average Bonchev–Trinajstić information content (AvgIpc) is 3.39. The largest absolute Gasteiger partial charge is 0.490 e. The van der Waals surface area contributed by atoms with Crippen molar-refractivity contribution < 1.29 is 4.74 Å². The Labute approximate surface area is 142 Å². The van der Waals surface area contributed by atoms with E-state index >= 15 is 0 Å². The van der Waals surface area contributed by atoms with E-state index in [1.54, 1.807) is 6.20 Å². The standard InChI is InChI=1S/C20H26N2O2/c1-22(13-14-2-3-14)16-4-6-17(7-5-16)24-18-8-9-19-15(12-18)10-11-21-20(19)23/h8-12,14,16-17H,2-7,13H2,1H3,(H,21,23). The van der Waals surface area contributed by atoms with Crippen LogP contribution in [0.5, 0.6) is 5.75 Å². The third-order valence-corrected chi connectivity index (χ3v) is 5.56. The number of hydrogen-bond acceptors (Lipinski definition) is 3. The molecule has 1 N–H and O–H groups in total. The first-order valence-corrected chi connectivity index (χ1v) is 9.17. The van der Waals surface area contributed by atoms with Crippen molar-refractivity contribution in [3.63, 3.8) is 0 Å². The van der Waals surface area contributed by atoms with Gasteiger partial charge in [-0.15, -0.1) is 0 Å². The number of nitrogens with zero attached hydrogens (tertiary/aromatic N) is 1. The summed E-state index contributed by atoms with van der Waals surface area (Å²) >= 11 is 0. The summed E-state index contributed by atoms with van der Waals surface area (Å²) in [5.74, 6) is 1.84. The summed E-state index contributed by atoms with van der Waals surface area (Å²) in [6.07, 6.45) is 9.52. The van der Waals surface area contributed by atoms with Crippen LogP contribution in [0, 0.1) is 5.92 Å². The van der Waals surface area contributed by atoms with Crippen LogP contribution in [0.4, 0.5) is 0 Å². The average molecular weight is 326 g/mol. The fourth-order valence-corrected chi connectivity index (χ4v) is 3.90. The summed E-state index contributed by atoms with van der Waals surface area (Å²) in [6.45, 7) is 1.27. The number of ether oxygens (including phenoxy) is 1. The Bertz CT molecular complexity index is 758. The molecule has 0 spiro atoms. The first-order valence-electron chi connectivity index (χ1n) is 9.17. The summed E-state index contributed by atoms with van der Waals surface area (Å²) in [5, 5.41) is 1.66. The Hall–Kier alpha value is -1.81. The highest BCUT2D eigenvalue weighted by molar-refractivity contribution is 5.82. The van der Waals surface area contributed by atoms with E-state index in [2.05, 4.69) is 16.9 Å². The van der Waals surface area contributed by atoms with Crippen LogP contribution in [0.1, 0.15) is 38.5 Å². The molecule has 0 unspecified atom stereocenters. The van der Waals surface area contributed by atoms with Crippen molar-refractivity contribution in [1.82, 2.24) is 9.88 Å². The quantitative estimate of drug-likeness (QED) is 0.914. The number of nitrogens with one attached hydrogen (secondary N) is 1. The predicted octanol–water partition coefficient (Wildman–Crippen LogP) is 3.56. The van der Waals surface area contributed by atoms with Crippen LogP contribution >= 0.6 is 0 Å². The SMILES string of the molecule is CN(CC1CC1)C1CCC(Oc2ccc3c(=O)[nH]ccc3c2)CC1. The molecule has 0 atom stereocenters. The molecule has 24 heavy (non-hydrogen) atoms. The number of pyridine rings is 1. The summed E-state index contributed by atoms with van der Waals surface area (Å²) < 4.78 is 6.19. The Morgan fingerprint density at radius 2 is 1.92 bits per heavy atom. The van der Waals surface area contributed by atoms with Crippen LogP contribution in [0.3, 0.4) is 0 Å². The highest BCUT2D eigenvalue weighted by Gasteiger charge is 2.29. The molecule has 0 aliphatic heterocycles. The Kier molecular flexibility index (Phi) is 4.31. The van der Waals surface area contributed by atoms with Gasteiger partial charge in [-0.1, -0.05) is 0 Å². The van der Waals surface area contributed by atoms with Crippen LogP contribution in [-0.2, 0) is 0 Å². The summed E-state index contributed by atoms with van der Waals surface area (Å²) in [7, 11) is 2.28. The van der Waals surface area contributed by atoms with Gasteiger partial charge in [-0.2, -0.15) is 0 Å².